The highest BCUT2D eigenvalue weighted by Crippen LogP contribution is 2.40. The number of hydrogen-bond donors (Lipinski definition) is 1. The van der Waals surface area contributed by atoms with E-state index in [1.807, 2.05) is 24.3 Å². The van der Waals surface area contributed by atoms with Gasteiger partial charge in [0.05, 0.1) is 12.8 Å². The maximum atomic E-state index is 14.2. The quantitative estimate of drug-likeness (QED) is 0.886. The van der Waals surface area contributed by atoms with Gasteiger partial charge in [0.15, 0.2) is 11.6 Å². The number of rotatable bonds is 6. The van der Waals surface area contributed by atoms with E-state index in [2.05, 4.69) is 15.3 Å². The number of nitrogens with zero attached hydrogens (tertiary/aromatic N) is 2. The van der Waals surface area contributed by atoms with Gasteiger partial charge in [-0.2, -0.15) is 0 Å². The molecule has 1 aromatic heterocycles. The van der Waals surface area contributed by atoms with Crippen LogP contribution in [0.5, 0.6) is 5.75 Å². The highest BCUT2D eigenvalue weighted by atomic mass is 19.1. The Kier molecular flexibility index (Phi) is 3.99. The summed E-state index contributed by atoms with van der Waals surface area (Å²) in [5, 5.41) is 3.05. The van der Waals surface area contributed by atoms with Crippen LogP contribution < -0.4 is 10.1 Å². The van der Waals surface area contributed by atoms with Gasteiger partial charge in [-0.1, -0.05) is 18.2 Å². The normalized spacial score (nSPS) is 14.0. The van der Waals surface area contributed by atoms with Crippen LogP contribution in [0.3, 0.4) is 0 Å². The maximum Gasteiger partial charge on any atom is 0.187 e. The Morgan fingerprint density at radius 3 is 2.86 bits per heavy atom. The zero-order chi connectivity index (χ0) is 14.7. The van der Waals surface area contributed by atoms with Gasteiger partial charge in [-0.05, 0) is 30.9 Å². The van der Waals surface area contributed by atoms with Crippen LogP contribution in [-0.2, 0) is 6.42 Å². The molecule has 1 heterocycles. The predicted molar refractivity (Wildman–Crippen MR) is 79.2 cm³/mol. The monoisotopic (exact) mass is 287 g/mol. The van der Waals surface area contributed by atoms with Gasteiger partial charge in [-0.15, -0.1) is 0 Å². The number of anilines is 1. The number of aromatic nitrogens is 2. The van der Waals surface area contributed by atoms with Crippen molar-refractivity contribution < 1.29 is 9.13 Å². The third-order valence-corrected chi connectivity index (χ3v) is 3.66. The van der Waals surface area contributed by atoms with E-state index in [1.54, 1.807) is 7.11 Å². The van der Waals surface area contributed by atoms with Crippen molar-refractivity contribution in [3.05, 3.63) is 47.7 Å². The SMILES string of the molecule is COc1ccccc1CCNc1ncnc(C2CC2)c1F. The molecule has 1 saturated carbocycles. The van der Waals surface area contributed by atoms with E-state index in [4.69, 9.17) is 4.74 Å². The van der Waals surface area contributed by atoms with Crippen LogP contribution in [0, 0.1) is 5.82 Å². The molecule has 3 rings (SSSR count). The second-order valence-corrected chi connectivity index (χ2v) is 5.18. The van der Waals surface area contributed by atoms with Gasteiger partial charge in [-0.3, -0.25) is 0 Å². The number of hydrogen-bond acceptors (Lipinski definition) is 4. The van der Waals surface area contributed by atoms with Crippen LogP contribution in [0.2, 0.25) is 0 Å². The zero-order valence-electron chi connectivity index (χ0n) is 12.0. The molecule has 2 aromatic rings. The molecule has 1 N–H and O–H groups in total. The molecule has 1 aliphatic rings. The van der Waals surface area contributed by atoms with Crippen LogP contribution in [0.15, 0.2) is 30.6 Å². The molecule has 1 aliphatic carbocycles. The Morgan fingerprint density at radius 1 is 1.29 bits per heavy atom. The van der Waals surface area contributed by atoms with Crippen molar-refractivity contribution in [2.24, 2.45) is 0 Å². The molecule has 0 saturated heterocycles. The van der Waals surface area contributed by atoms with E-state index >= 15 is 0 Å². The van der Waals surface area contributed by atoms with Gasteiger partial charge in [0.25, 0.3) is 0 Å². The number of para-hydroxylation sites is 1. The molecule has 0 atom stereocenters. The summed E-state index contributed by atoms with van der Waals surface area (Å²) >= 11 is 0. The van der Waals surface area contributed by atoms with Crippen LogP contribution in [0.25, 0.3) is 0 Å². The van der Waals surface area contributed by atoms with Crippen molar-refractivity contribution in [3.63, 3.8) is 0 Å². The molecule has 4 nitrogen and oxygen atoms in total. The van der Waals surface area contributed by atoms with E-state index < -0.39 is 0 Å². The lowest BCUT2D eigenvalue weighted by molar-refractivity contribution is 0.410. The van der Waals surface area contributed by atoms with Crippen molar-refractivity contribution in [3.8, 4) is 5.75 Å². The first-order valence-electron chi connectivity index (χ1n) is 7.15. The second-order valence-electron chi connectivity index (χ2n) is 5.18. The largest absolute Gasteiger partial charge is 0.496 e. The average Bonchev–Trinajstić information content (AvgIpc) is 3.34. The number of nitrogens with one attached hydrogen (secondary N) is 1. The van der Waals surface area contributed by atoms with Crippen LogP contribution in [0.4, 0.5) is 10.2 Å². The fraction of sp³-hybridized carbons (Fsp3) is 0.375. The van der Waals surface area contributed by atoms with Crippen molar-refractivity contribution in [1.29, 1.82) is 0 Å². The molecule has 21 heavy (non-hydrogen) atoms. The lowest BCUT2D eigenvalue weighted by Crippen LogP contribution is -2.10. The number of ether oxygens (including phenoxy) is 1. The third kappa shape index (κ3) is 3.12. The Balaban J connectivity index is 1.64. The first-order chi connectivity index (χ1) is 10.3. The Morgan fingerprint density at radius 2 is 2.10 bits per heavy atom. The molecule has 0 amide bonds. The van der Waals surface area contributed by atoms with Crippen molar-refractivity contribution in [2.75, 3.05) is 19.0 Å². The highest BCUT2D eigenvalue weighted by molar-refractivity contribution is 5.40. The fourth-order valence-corrected chi connectivity index (χ4v) is 2.37. The van der Waals surface area contributed by atoms with Gasteiger partial charge in [-0.25, -0.2) is 14.4 Å². The topological polar surface area (TPSA) is 47.0 Å². The summed E-state index contributed by atoms with van der Waals surface area (Å²) in [6.45, 7) is 0.596. The Hall–Kier alpha value is -2.17. The minimum absolute atomic E-state index is 0.280. The maximum absolute atomic E-state index is 14.2. The van der Waals surface area contributed by atoms with Crippen molar-refractivity contribution in [2.45, 2.75) is 25.2 Å². The zero-order valence-corrected chi connectivity index (χ0v) is 12.0. The molecule has 1 aromatic carbocycles. The number of methoxy groups -OCH3 is 1. The van der Waals surface area contributed by atoms with E-state index in [9.17, 15) is 4.39 Å². The molecular formula is C16H18FN3O. The summed E-state index contributed by atoms with van der Waals surface area (Å²) in [5.74, 6) is 1.12. The van der Waals surface area contributed by atoms with Gasteiger partial charge < -0.3 is 10.1 Å². The molecule has 0 spiro atoms. The van der Waals surface area contributed by atoms with Crippen LogP contribution in [-0.4, -0.2) is 23.6 Å². The summed E-state index contributed by atoms with van der Waals surface area (Å²) in [5.41, 5.74) is 1.63. The van der Waals surface area contributed by atoms with E-state index in [0.717, 1.165) is 30.6 Å². The first-order valence-corrected chi connectivity index (χ1v) is 7.15. The molecule has 5 heteroatoms. The summed E-state index contributed by atoms with van der Waals surface area (Å²) in [6, 6.07) is 7.83. The van der Waals surface area contributed by atoms with Gasteiger partial charge in [0, 0.05) is 12.5 Å². The Labute approximate surface area is 123 Å². The Bertz CT molecular complexity index is 629. The lowest BCUT2D eigenvalue weighted by Gasteiger charge is -2.10. The second kappa shape index (κ2) is 6.08. The number of benzene rings is 1. The van der Waals surface area contributed by atoms with E-state index in [1.165, 1.54) is 6.33 Å². The molecule has 0 aliphatic heterocycles. The molecule has 0 bridgehead atoms. The highest BCUT2D eigenvalue weighted by Gasteiger charge is 2.29. The van der Waals surface area contributed by atoms with Crippen molar-refractivity contribution in [1.82, 2.24) is 9.97 Å². The van der Waals surface area contributed by atoms with Crippen molar-refractivity contribution >= 4 is 5.82 Å². The molecule has 0 radical (unpaired) electrons. The molecule has 0 unspecified atom stereocenters. The number of halogens is 1. The van der Waals surface area contributed by atoms with Gasteiger partial charge in [0.1, 0.15) is 12.1 Å². The minimum Gasteiger partial charge on any atom is -0.496 e. The summed E-state index contributed by atoms with van der Waals surface area (Å²) in [7, 11) is 1.65. The van der Waals surface area contributed by atoms with E-state index in [-0.39, 0.29) is 11.7 Å². The summed E-state index contributed by atoms with van der Waals surface area (Å²) < 4.78 is 19.5. The average molecular weight is 287 g/mol. The summed E-state index contributed by atoms with van der Waals surface area (Å²) in [4.78, 5) is 8.04. The van der Waals surface area contributed by atoms with Crippen LogP contribution >= 0.6 is 0 Å². The van der Waals surface area contributed by atoms with Gasteiger partial charge >= 0.3 is 0 Å². The fourth-order valence-electron chi connectivity index (χ4n) is 2.37. The first kappa shape index (κ1) is 13.8. The summed E-state index contributed by atoms with van der Waals surface area (Å²) in [6.07, 6.45) is 4.22. The smallest absolute Gasteiger partial charge is 0.187 e. The molecule has 1 fully saturated rings. The molecule has 110 valence electrons. The van der Waals surface area contributed by atoms with Crippen LogP contribution in [0.1, 0.15) is 30.0 Å². The molecular weight excluding hydrogens is 269 g/mol. The van der Waals surface area contributed by atoms with Gasteiger partial charge in [0.2, 0.25) is 0 Å². The third-order valence-electron chi connectivity index (χ3n) is 3.66. The standard InChI is InChI=1S/C16H18FN3O/c1-21-13-5-3-2-4-11(13)8-9-18-16-14(17)15(12-6-7-12)19-10-20-16/h2-5,10,12H,6-9H2,1H3,(H,18,19,20). The van der Waals surface area contributed by atoms with E-state index in [0.29, 0.717) is 18.1 Å². The predicted octanol–water partition coefficient (Wildman–Crippen LogP) is 3.16. The lowest BCUT2D eigenvalue weighted by atomic mass is 10.1. The minimum atomic E-state index is -0.306.